The molecule has 0 saturated heterocycles. The van der Waals surface area contributed by atoms with Gasteiger partial charge in [-0.3, -0.25) is 4.79 Å². The monoisotopic (exact) mass is 812 g/mol. The molecule has 3 N–H and O–H groups in total. The lowest BCUT2D eigenvalue weighted by molar-refractivity contribution is -0.149. The molecular formula is C37H61IN6O6. The number of nitrogens with one attached hydrogen (secondary N) is 1. The molecule has 0 radical (unpaired) electrons. The molecule has 12 nitrogen and oxygen atoms in total. The summed E-state index contributed by atoms with van der Waals surface area (Å²) in [6, 6.07) is -0.877. The van der Waals surface area contributed by atoms with Crippen molar-refractivity contribution in [2.45, 2.75) is 143 Å². The van der Waals surface area contributed by atoms with Crippen LogP contribution >= 0.6 is 22.6 Å². The minimum Gasteiger partial charge on any atom is -0.465 e. The Morgan fingerprint density at radius 3 is 2.10 bits per heavy atom. The number of nitrogen functional groups attached to an aromatic ring is 1. The van der Waals surface area contributed by atoms with Gasteiger partial charge in [0, 0.05) is 18.9 Å². The van der Waals surface area contributed by atoms with Gasteiger partial charge in [-0.1, -0.05) is 123 Å². The molecule has 0 spiro atoms. The van der Waals surface area contributed by atoms with Crippen LogP contribution in [-0.4, -0.2) is 63.4 Å². The third kappa shape index (κ3) is 17.8. The third-order valence-corrected chi connectivity index (χ3v) is 9.41. The highest BCUT2D eigenvalue weighted by Gasteiger charge is 2.27. The summed E-state index contributed by atoms with van der Waals surface area (Å²) in [5.41, 5.74) is 7.11. The van der Waals surface area contributed by atoms with Crippen LogP contribution in [0.3, 0.4) is 0 Å². The van der Waals surface area contributed by atoms with Crippen LogP contribution in [0.5, 0.6) is 0 Å². The number of carbonyl (C=O) groups excluding carboxylic acids is 3. The number of nitrogens with zero attached hydrogens (tertiary/aromatic N) is 4. The summed E-state index contributed by atoms with van der Waals surface area (Å²) >= 11 is 2.07. The molecule has 0 aliphatic heterocycles. The summed E-state index contributed by atoms with van der Waals surface area (Å²) in [4.78, 5) is 50.6. The second-order valence-corrected chi connectivity index (χ2v) is 14.4. The minimum atomic E-state index is -0.877. The second-order valence-electron chi connectivity index (χ2n) is 13.4. The topological polar surface area (TPSA) is 161 Å². The Morgan fingerprint density at radius 1 is 0.920 bits per heavy atom. The molecule has 1 unspecified atom stereocenters. The van der Waals surface area contributed by atoms with Crippen LogP contribution in [0.2, 0.25) is 0 Å². The van der Waals surface area contributed by atoms with Gasteiger partial charge in [0.15, 0.2) is 5.65 Å². The molecule has 0 saturated carbocycles. The molecule has 282 valence electrons. The maximum atomic E-state index is 12.9. The molecule has 50 heavy (non-hydrogen) atoms. The van der Waals surface area contributed by atoms with Gasteiger partial charge in [-0.25, -0.2) is 19.6 Å². The van der Waals surface area contributed by atoms with E-state index in [9.17, 15) is 14.4 Å². The van der Waals surface area contributed by atoms with Gasteiger partial charge in [0.25, 0.3) is 0 Å². The predicted molar refractivity (Wildman–Crippen MR) is 205 cm³/mol. The molecule has 0 aliphatic carbocycles. The van der Waals surface area contributed by atoms with E-state index in [2.05, 4.69) is 56.4 Å². The van der Waals surface area contributed by atoms with Crippen LogP contribution in [-0.2, 0) is 30.3 Å². The summed E-state index contributed by atoms with van der Waals surface area (Å²) in [6.07, 6.45) is 22.2. The Hall–Kier alpha value is -2.97. The lowest BCUT2D eigenvalue weighted by Crippen LogP contribution is -2.45. The van der Waals surface area contributed by atoms with Crippen molar-refractivity contribution in [3.8, 4) is 0 Å². The normalized spacial score (nSPS) is 12.5. The second kappa shape index (κ2) is 25.9. The predicted octanol–water partition coefficient (Wildman–Crippen LogP) is 8.30. The number of halogens is 1. The molecular weight excluding hydrogens is 751 g/mol. The van der Waals surface area contributed by atoms with E-state index in [1.54, 1.807) is 20.2 Å². The van der Waals surface area contributed by atoms with Gasteiger partial charge in [-0.2, -0.15) is 4.98 Å². The van der Waals surface area contributed by atoms with Crippen LogP contribution in [0.15, 0.2) is 19.0 Å². The van der Waals surface area contributed by atoms with Gasteiger partial charge in [0.1, 0.15) is 21.9 Å². The molecule has 0 aliphatic rings. The molecule has 13 heteroatoms. The fourth-order valence-electron chi connectivity index (χ4n) is 5.71. The van der Waals surface area contributed by atoms with Crippen LogP contribution < -0.4 is 11.1 Å². The van der Waals surface area contributed by atoms with Crippen LogP contribution in [0.4, 0.5) is 10.7 Å². The van der Waals surface area contributed by atoms with Crippen molar-refractivity contribution in [3.05, 3.63) is 22.7 Å². The van der Waals surface area contributed by atoms with Crippen LogP contribution in [0.1, 0.15) is 130 Å². The number of ether oxygens (including phenoxy) is 3. The summed E-state index contributed by atoms with van der Waals surface area (Å²) in [5.74, 6) is -1.09. The Kier molecular flexibility index (Phi) is 22.4. The average molecular weight is 813 g/mol. The Balaban J connectivity index is 1.78. The van der Waals surface area contributed by atoms with E-state index >= 15 is 0 Å². The van der Waals surface area contributed by atoms with Crippen LogP contribution in [0.25, 0.3) is 11.2 Å². The Labute approximate surface area is 312 Å². The summed E-state index contributed by atoms with van der Waals surface area (Å²) in [7, 11) is 0. The molecule has 2 aromatic rings. The highest BCUT2D eigenvalue weighted by molar-refractivity contribution is 14.1. The number of alkyl carbamates (subject to hydrolysis) is 1. The molecule has 2 aromatic heterocycles. The van der Waals surface area contributed by atoms with Crippen molar-refractivity contribution in [1.29, 1.82) is 0 Å². The van der Waals surface area contributed by atoms with Gasteiger partial charge < -0.3 is 29.8 Å². The number of amides is 1. The number of esters is 2. The standard InChI is InChI=1S/C37H61IN6O6/c1-5-7-8-9-10-11-12-13-14-15-16-17-18-19-20-21-30(45)50-26-29(25-44-27-40-32-33(38)42-36(39)43-34(32)44)22-24-48-35(46)31(28(3)4)41-37(47)49-23-6-2/h6,27-29,31H,2,5,7-26H2,1,3-4H3,(H,41,47)(H2,39,42,43)/t29-,31?/m1/s1. The minimum absolute atomic E-state index is 0.0318. The molecule has 1 amide bonds. The van der Waals surface area contributed by atoms with Crippen molar-refractivity contribution in [3.63, 3.8) is 0 Å². The van der Waals surface area contributed by atoms with E-state index in [-0.39, 0.29) is 43.6 Å². The zero-order valence-corrected chi connectivity index (χ0v) is 32.8. The molecule has 2 heterocycles. The first-order valence-electron chi connectivity index (χ1n) is 18.7. The number of anilines is 1. The molecule has 2 rings (SSSR count). The number of unbranched alkanes of at least 4 members (excludes halogenated alkanes) is 14. The van der Waals surface area contributed by atoms with E-state index < -0.39 is 18.1 Å². The lowest BCUT2D eigenvalue weighted by Gasteiger charge is -2.22. The largest absolute Gasteiger partial charge is 0.465 e. The van der Waals surface area contributed by atoms with Crippen molar-refractivity contribution in [1.82, 2.24) is 24.8 Å². The maximum absolute atomic E-state index is 12.9. The highest BCUT2D eigenvalue weighted by atomic mass is 127. The van der Waals surface area contributed by atoms with Crippen LogP contribution in [0, 0.1) is 15.5 Å². The van der Waals surface area contributed by atoms with Gasteiger partial charge in [0.2, 0.25) is 5.95 Å². The SMILES string of the molecule is C=CCOC(=O)NC(C(=O)OCC[C@@H](COC(=O)CCCCCCCCCCCCCCCCC)Cn1cnc2c(I)nc(N)nc21)C(C)C. The van der Waals surface area contributed by atoms with Gasteiger partial charge >= 0.3 is 18.0 Å². The zero-order valence-electron chi connectivity index (χ0n) is 30.6. The smallest absolute Gasteiger partial charge is 0.408 e. The molecule has 0 bridgehead atoms. The number of imidazole rings is 1. The van der Waals surface area contributed by atoms with Crippen molar-refractivity contribution >= 4 is 57.7 Å². The first-order valence-corrected chi connectivity index (χ1v) is 19.7. The molecule has 0 aromatic carbocycles. The average Bonchev–Trinajstić information content (AvgIpc) is 3.48. The molecule has 0 fully saturated rings. The van der Waals surface area contributed by atoms with Crippen molar-refractivity contribution in [2.75, 3.05) is 25.6 Å². The molecule has 2 atom stereocenters. The third-order valence-electron chi connectivity index (χ3n) is 8.65. The van der Waals surface area contributed by atoms with E-state index in [1.165, 1.54) is 83.1 Å². The highest BCUT2D eigenvalue weighted by Crippen LogP contribution is 2.20. The quantitative estimate of drug-likeness (QED) is 0.0214. The number of fused-ring (bicyclic) bond motifs is 1. The summed E-state index contributed by atoms with van der Waals surface area (Å²) in [5, 5.41) is 2.56. The number of hydrogen-bond acceptors (Lipinski definition) is 10. The Morgan fingerprint density at radius 2 is 1.52 bits per heavy atom. The number of rotatable bonds is 28. The maximum Gasteiger partial charge on any atom is 0.408 e. The van der Waals surface area contributed by atoms with Crippen molar-refractivity contribution in [2.24, 2.45) is 11.8 Å². The number of carbonyl (C=O) groups is 3. The van der Waals surface area contributed by atoms with E-state index in [4.69, 9.17) is 19.9 Å². The van der Waals surface area contributed by atoms with Crippen molar-refractivity contribution < 1.29 is 28.6 Å². The summed E-state index contributed by atoms with van der Waals surface area (Å²) in [6.45, 7) is 10.0. The zero-order chi connectivity index (χ0) is 36.6. The number of hydrogen-bond donors (Lipinski definition) is 2. The summed E-state index contributed by atoms with van der Waals surface area (Å²) < 4.78 is 18.7. The lowest BCUT2D eigenvalue weighted by atomic mass is 10.0. The van der Waals surface area contributed by atoms with E-state index in [1.807, 2.05) is 4.57 Å². The van der Waals surface area contributed by atoms with E-state index in [0.717, 1.165) is 19.3 Å². The fraction of sp³-hybridized carbons (Fsp3) is 0.730. The Bertz CT molecular complexity index is 1290. The van der Waals surface area contributed by atoms with Gasteiger partial charge in [-0.15, -0.1) is 0 Å². The first kappa shape index (κ1) is 43.2. The van der Waals surface area contributed by atoms with Gasteiger partial charge in [-0.05, 0) is 41.4 Å². The van der Waals surface area contributed by atoms with E-state index in [0.29, 0.717) is 34.3 Å². The first-order chi connectivity index (χ1) is 24.2. The van der Waals surface area contributed by atoms with Gasteiger partial charge in [0.05, 0.1) is 19.5 Å². The fourth-order valence-corrected chi connectivity index (χ4v) is 6.33. The number of nitrogens with two attached hydrogens (primary N) is 1. The number of aromatic nitrogens is 4.